The normalized spacial score (nSPS) is 10.2. The predicted octanol–water partition coefficient (Wildman–Crippen LogP) is 3.52. The summed E-state index contributed by atoms with van der Waals surface area (Å²) in [6.07, 6.45) is 0. The first-order valence-corrected chi connectivity index (χ1v) is 6.79. The number of benzene rings is 2. The molecule has 0 aliphatic heterocycles. The van der Waals surface area contributed by atoms with Crippen molar-refractivity contribution >= 4 is 17.4 Å². The summed E-state index contributed by atoms with van der Waals surface area (Å²) in [6.45, 7) is 2.32. The average Bonchev–Trinajstić information content (AvgIpc) is 2.47. The molecule has 21 heavy (non-hydrogen) atoms. The van der Waals surface area contributed by atoms with E-state index in [0.717, 1.165) is 11.1 Å². The monoisotopic (exact) mass is 304 g/mol. The SMILES string of the molecule is COc1ccc(COc2cc(C)ccc2Cl)cc1C(=N)N. The third-order valence-corrected chi connectivity index (χ3v) is 3.35. The summed E-state index contributed by atoms with van der Waals surface area (Å²) in [5.41, 5.74) is 8.07. The van der Waals surface area contributed by atoms with E-state index < -0.39 is 0 Å². The van der Waals surface area contributed by atoms with E-state index in [4.69, 9.17) is 32.2 Å². The summed E-state index contributed by atoms with van der Waals surface area (Å²) in [4.78, 5) is 0. The predicted molar refractivity (Wildman–Crippen MR) is 84.5 cm³/mol. The van der Waals surface area contributed by atoms with Crippen LogP contribution in [0.4, 0.5) is 0 Å². The molecule has 4 nitrogen and oxygen atoms in total. The largest absolute Gasteiger partial charge is 0.496 e. The van der Waals surface area contributed by atoms with Crippen LogP contribution in [-0.4, -0.2) is 12.9 Å². The number of methoxy groups -OCH3 is 1. The van der Waals surface area contributed by atoms with Gasteiger partial charge in [0.15, 0.2) is 0 Å². The Bertz CT molecular complexity index is 671. The molecule has 0 spiro atoms. The first-order valence-electron chi connectivity index (χ1n) is 6.41. The number of amidine groups is 1. The lowest BCUT2D eigenvalue weighted by atomic mass is 10.1. The number of hydrogen-bond donors (Lipinski definition) is 2. The summed E-state index contributed by atoms with van der Waals surface area (Å²) in [7, 11) is 1.55. The van der Waals surface area contributed by atoms with E-state index in [2.05, 4.69) is 0 Å². The molecule has 5 heteroatoms. The highest BCUT2D eigenvalue weighted by atomic mass is 35.5. The molecule has 2 rings (SSSR count). The van der Waals surface area contributed by atoms with Crippen LogP contribution in [0.1, 0.15) is 16.7 Å². The standard InChI is InChI=1S/C16H17ClN2O2/c1-10-3-5-13(17)15(7-10)21-9-11-4-6-14(20-2)12(8-11)16(18)19/h3-8H,9H2,1-2H3,(H3,18,19). The van der Waals surface area contributed by atoms with Gasteiger partial charge < -0.3 is 15.2 Å². The van der Waals surface area contributed by atoms with Gasteiger partial charge in [-0.3, -0.25) is 5.41 Å². The number of ether oxygens (including phenoxy) is 2. The van der Waals surface area contributed by atoms with Crippen LogP contribution in [0.3, 0.4) is 0 Å². The van der Waals surface area contributed by atoms with E-state index in [0.29, 0.717) is 28.7 Å². The van der Waals surface area contributed by atoms with Crippen molar-refractivity contribution in [2.75, 3.05) is 7.11 Å². The second-order valence-corrected chi connectivity index (χ2v) is 5.08. The summed E-state index contributed by atoms with van der Waals surface area (Å²) in [5.74, 6) is 1.17. The van der Waals surface area contributed by atoms with Gasteiger partial charge >= 0.3 is 0 Å². The number of nitrogens with one attached hydrogen (secondary N) is 1. The number of nitrogens with two attached hydrogens (primary N) is 1. The Morgan fingerprint density at radius 2 is 1.95 bits per heavy atom. The maximum absolute atomic E-state index is 7.57. The minimum absolute atomic E-state index is 0.0395. The molecule has 0 amide bonds. The summed E-state index contributed by atoms with van der Waals surface area (Å²) < 4.78 is 10.9. The first-order chi connectivity index (χ1) is 10.0. The maximum atomic E-state index is 7.57. The Hall–Kier alpha value is -2.20. The Morgan fingerprint density at radius 1 is 1.19 bits per heavy atom. The van der Waals surface area contributed by atoms with Crippen LogP contribution >= 0.6 is 11.6 Å². The fourth-order valence-electron chi connectivity index (χ4n) is 1.94. The van der Waals surface area contributed by atoms with Crippen molar-refractivity contribution in [1.29, 1.82) is 5.41 Å². The zero-order valence-electron chi connectivity index (χ0n) is 11.9. The summed E-state index contributed by atoms with van der Waals surface area (Å²) in [6, 6.07) is 11.0. The van der Waals surface area contributed by atoms with Crippen LogP contribution in [0, 0.1) is 12.3 Å². The van der Waals surface area contributed by atoms with Crippen LogP contribution in [0.25, 0.3) is 0 Å². The quantitative estimate of drug-likeness (QED) is 0.656. The first kappa shape index (κ1) is 15.2. The lowest BCUT2D eigenvalue weighted by Gasteiger charge is -2.12. The number of aryl methyl sites for hydroxylation is 1. The zero-order chi connectivity index (χ0) is 15.4. The minimum atomic E-state index is -0.0395. The van der Waals surface area contributed by atoms with Gasteiger partial charge in [0.2, 0.25) is 0 Å². The molecule has 2 aromatic rings. The van der Waals surface area contributed by atoms with Crippen LogP contribution < -0.4 is 15.2 Å². The van der Waals surface area contributed by atoms with Crippen molar-refractivity contribution in [3.05, 3.63) is 58.1 Å². The average molecular weight is 305 g/mol. The van der Waals surface area contributed by atoms with Gasteiger partial charge in [-0.2, -0.15) is 0 Å². The second kappa shape index (κ2) is 6.50. The van der Waals surface area contributed by atoms with Crippen molar-refractivity contribution in [3.8, 4) is 11.5 Å². The highest BCUT2D eigenvalue weighted by molar-refractivity contribution is 6.32. The lowest BCUT2D eigenvalue weighted by molar-refractivity contribution is 0.306. The molecular weight excluding hydrogens is 288 g/mol. The molecular formula is C16H17ClN2O2. The van der Waals surface area contributed by atoms with Gasteiger partial charge in [0, 0.05) is 0 Å². The van der Waals surface area contributed by atoms with Gasteiger partial charge in [0.1, 0.15) is 23.9 Å². The molecule has 110 valence electrons. The van der Waals surface area contributed by atoms with Crippen molar-refractivity contribution in [2.45, 2.75) is 13.5 Å². The molecule has 0 heterocycles. The molecule has 0 atom stereocenters. The number of hydrogen-bond acceptors (Lipinski definition) is 3. The number of rotatable bonds is 5. The number of nitrogen functional groups attached to an aromatic ring is 1. The third kappa shape index (κ3) is 3.67. The number of halogens is 1. The maximum Gasteiger partial charge on any atom is 0.138 e. The fourth-order valence-corrected chi connectivity index (χ4v) is 2.11. The molecule has 0 aliphatic carbocycles. The van der Waals surface area contributed by atoms with Crippen LogP contribution in [0.2, 0.25) is 5.02 Å². The second-order valence-electron chi connectivity index (χ2n) is 4.67. The molecule has 3 N–H and O–H groups in total. The van der Waals surface area contributed by atoms with E-state index in [9.17, 15) is 0 Å². The van der Waals surface area contributed by atoms with Gasteiger partial charge in [-0.15, -0.1) is 0 Å². The topological polar surface area (TPSA) is 68.3 Å². The lowest BCUT2D eigenvalue weighted by Crippen LogP contribution is -2.13. The van der Waals surface area contributed by atoms with Gasteiger partial charge in [0.05, 0.1) is 17.7 Å². The van der Waals surface area contributed by atoms with Gasteiger partial charge in [-0.25, -0.2) is 0 Å². The third-order valence-electron chi connectivity index (χ3n) is 3.04. The Kier molecular flexibility index (Phi) is 4.70. The van der Waals surface area contributed by atoms with Crippen molar-refractivity contribution in [1.82, 2.24) is 0 Å². The van der Waals surface area contributed by atoms with E-state index in [-0.39, 0.29) is 5.84 Å². The Labute approximate surface area is 129 Å². The molecule has 0 saturated carbocycles. The van der Waals surface area contributed by atoms with Crippen LogP contribution in [0.15, 0.2) is 36.4 Å². The van der Waals surface area contributed by atoms with E-state index in [1.165, 1.54) is 0 Å². The van der Waals surface area contributed by atoms with Crippen LogP contribution in [0.5, 0.6) is 11.5 Å². The molecule has 2 aromatic carbocycles. The van der Waals surface area contributed by atoms with Gasteiger partial charge in [-0.05, 0) is 42.3 Å². The molecule has 0 bridgehead atoms. The Morgan fingerprint density at radius 3 is 2.62 bits per heavy atom. The van der Waals surface area contributed by atoms with Gasteiger partial charge in [0.25, 0.3) is 0 Å². The smallest absolute Gasteiger partial charge is 0.138 e. The molecule has 0 unspecified atom stereocenters. The highest BCUT2D eigenvalue weighted by Gasteiger charge is 2.08. The molecule has 0 aliphatic rings. The van der Waals surface area contributed by atoms with E-state index in [1.807, 2.05) is 25.1 Å². The molecule has 0 aromatic heterocycles. The van der Waals surface area contributed by atoms with Gasteiger partial charge in [-0.1, -0.05) is 23.7 Å². The summed E-state index contributed by atoms with van der Waals surface area (Å²) >= 11 is 6.09. The fraction of sp³-hybridized carbons (Fsp3) is 0.188. The molecule has 0 saturated heterocycles. The summed E-state index contributed by atoms with van der Waals surface area (Å²) in [5, 5.41) is 8.14. The minimum Gasteiger partial charge on any atom is -0.496 e. The highest BCUT2D eigenvalue weighted by Crippen LogP contribution is 2.27. The Balaban J connectivity index is 2.18. The van der Waals surface area contributed by atoms with Crippen molar-refractivity contribution in [2.24, 2.45) is 5.73 Å². The van der Waals surface area contributed by atoms with Crippen molar-refractivity contribution < 1.29 is 9.47 Å². The van der Waals surface area contributed by atoms with E-state index in [1.54, 1.807) is 25.3 Å². The molecule has 0 radical (unpaired) electrons. The molecule has 0 fully saturated rings. The van der Waals surface area contributed by atoms with E-state index >= 15 is 0 Å². The zero-order valence-corrected chi connectivity index (χ0v) is 12.7. The van der Waals surface area contributed by atoms with Crippen LogP contribution in [-0.2, 0) is 6.61 Å². The van der Waals surface area contributed by atoms with Crippen molar-refractivity contribution in [3.63, 3.8) is 0 Å².